The summed E-state index contributed by atoms with van der Waals surface area (Å²) in [5, 5.41) is 4.80. The van der Waals surface area contributed by atoms with Crippen molar-refractivity contribution >= 4 is 23.2 Å². The van der Waals surface area contributed by atoms with E-state index in [0.717, 1.165) is 4.88 Å². The molecule has 1 N–H and O–H groups in total. The van der Waals surface area contributed by atoms with Gasteiger partial charge in [-0.05, 0) is 11.4 Å². The molecule has 0 spiro atoms. The van der Waals surface area contributed by atoms with Crippen LogP contribution in [-0.4, -0.2) is 29.8 Å². The summed E-state index contributed by atoms with van der Waals surface area (Å²) in [4.78, 5) is 26.9. The summed E-state index contributed by atoms with van der Waals surface area (Å²) >= 11 is 1.63. The Bertz CT molecular complexity index is 475. The van der Waals surface area contributed by atoms with Gasteiger partial charge >= 0.3 is 0 Å². The second-order valence-corrected chi connectivity index (χ2v) is 6.93. The number of thiophene rings is 1. The molecule has 2 amide bonds. The number of nitrogens with zero attached hydrogens (tertiary/aromatic N) is 1. The molecular formula is C16H24N2O2S. The monoisotopic (exact) mass is 308 g/mol. The summed E-state index contributed by atoms with van der Waals surface area (Å²) in [5.41, 5.74) is -0.430. The molecule has 0 fully saturated rings. The maximum absolute atomic E-state index is 12.2. The summed E-state index contributed by atoms with van der Waals surface area (Å²) in [6.07, 6.45) is 2.03. The van der Waals surface area contributed by atoms with Crippen LogP contribution in [0.3, 0.4) is 0 Å². The van der Waals surface area contributed by atoms with E-state index in [1.807, 2.05) is 38.3 Å². The lowest BCUT2D eigenvalue weighted by molar-refractivity contribution is -0.131. The second kappa shape index (κ2) is 7.98. The molecule has 0 aliphatic heterocycles. The number of carbonyl (C=O) groups excluding carboxylic acids is 2. The van der Waals surface area contributed by atoms with Crippen LogP contribution in [0, 0.1) is 5.41 Å². The van der Waals surface area contributed by atoms with Crippen molar-refractivity contribution in [1.82, 2.24) is 10.2 Å². The topological polar surface area (TPSA) is 49.4 Å². The number of amides is 2. The van der Waals surface area contributed by atoms with E-state index in [1.165, 1.54) is 0 Å². The summed E-state index contributed by atoms with van der Waals surface area (Å²) < 4.78 is 0. The highest BCUT2D eigenvalue weighted by molar-refractivity contribution is 7.09. The van der Waals surface area contributed by atoms with Crippen LogP contribution in [0.4, 0.5) is 0 Å². The molecule has 0 unspecified atom stereocenters. The van der Waals surface area contributed by atoms with Gasteiger partial charge in [-0.3, -0.25) is 9.59 Å². The number of carbonyl (C=O) groups is 2. The number of rotatable bonds is 7. The van der Waals surface area contributed by atoms with Gasteiger partial charge in [0.05, 0.1) is 6.54 Å². The van der Waals surface area contributed by atoms with Gasteiger partial charge in [-0.1, -0.05) is 32.9 Å². The normalized spacial score (nSPS) is 11.0. The Labute approximate surface area is 130 Å². The lowest BCUT2D eigenvalue weighted by atomic mass is 9.96. The number of hydrogen-bond donors (Lipinski definition) is 1. The molecule has 0 saturated heterocycles. The largest absolute Gasteiger partial charge is 0.355 e. The smallest absolute Gasteiger partial charge is 0.225 e. The molecule has 1 aromatic heterocycles. The van der Waals surface area contributed by atoms with Gasteiger partial charge in [-0.25, -0.2) is 0 Å². The fraction of sp³-hybridized carbons (Fsp3) is 0.500. The highest BCUT2D eigenvalue weighted by Gasteiger charge is 2.21. The van der Waals surface area contributed by atoms with Gasteiger partial charge in [0, 0.05) is 29.8 Å². The zero-order valence-electron chi connectivity index (χ0n) is 13.0. The Kier molecular flexibility index (Phi) is 6.62. The SMILES string of the molecule is C=CCN(Cc1cccs1)C(=O)CCNC(=O)C(C)(C)C. The van der Waals surface area contributed by atoms with Gasteiger partial charge in [-0.15, -0.1) is 17.9 Å². The lowest BCUT2D eigenvalue weighted by Gasteiger charge is -2.21. The van der Waals surface area contributed by atoms with Crippen LogP contribution in [0.15, 0.2) is 30.2 Å². The van der Waals surface area contributed by atoms with Crippen molar-refractivity contribution in [3.8, 4) is 0 Å². The summed E-state index contributed by atoms with van der Waals surface area (Å²) in [7, 11) is 0. The highest BCUT2D eigenvalue weighted by atomic mass is 32.1. The van der Waals surface area contributed by atoms with Crippen molar-refractivity contribution in [3.05, 3.63) is 35.0 Å². The Hall–Kier alpha value is -1.62. The summed E-state index contributed by atoms with van der Waals surface area (Å²) in [5.74, 6) is -0.0127. The van der Waals surface area contributed by atoms with Gasteiger partial charge < -0.3 is 10.2 Å². The molecule has 0 aliphatic carbocycles. The lowest BCUT2D eigenvalue weighted by Crippen LogP contribution is -2.38. The van der Waals surface area contributed by atoms with E-state index in [2.05, 4.69) is 11.9 Å². The molecule has 0 bridgehead atoms. The molecule has 4 nitrogen and oxygen atoms in total. The van der Waals surface area contributed by atoms with E-state index < -0.39 is 5.41 Å². The first-order valence-corrected chi connectivity index (χ1v) is 7.92. The third kappa shape index (κ3) is 6.12. The summed E-state index contributed by atoms with van der Waals surface area (Å²) in [6, 6.07) is 3.98. The maximum Gasteiger partial charge on any atom is 0.225 e. The molecule has 0 aliphatic rings. The first-order chi connectivity index (χ1) is 9.84. The van der Waals surface area contributed by atoms with Crippen LogP contribution in [0.2, 0.25) is 0 Å². The van der Waals surface area contributed by atoms with Crippen molar-refractivity contribution < 1.29 is 9.59 Å². The maximum atomic E-state index is 12.2. The average molecular weight is 308 g/mol. The second-order valence-electron chi connectivity index (χ2n) is 5.90. The molecule has 0 aromatic carbocycles. The summed E-state index contributed by atoms with van der Waals surface area (Å²) in [6.45, 7) is 10.7. The van der Waals surface area contributed by atoms with Crippen LogP contribution in [-0.2, 0) is 16.1 Å². The van der Waals surface area contributed by atoms with Crippen LogP contribution in [0.1, 0.15) is 32.1 Å². The van der Waals surface area contributed by atoms with Crippen LogP contribution < -0.4 is 5.32 Å². The Morgan fingerprint density at radius 2 is 2.14 bits per heavy atom. The number of hydrogen-bond acceptors (Lipinski definition) is 3. The quantitative estimate of drug-likeness (QED) is 0.787. The van der Waals surface area contributed by atoms with Gasteiger partial charge in [0.15, 0.2) is 0 Å². The molecule has 0 atom stereocenters. The van der Waals surface area contributed by atoms with E-state index in [-0.39, 0.29) is 11.8 Å². The van der Waals surface area contributed by atoms with Gasteiger partial charge in [-0.2, -0.15) is 0 Å². The fourth-order valence-electron chi connectivity index (χ4n) is 1.71. The van der Waals surface area contributed by atoms with Crippen LogP contribution in [0.25, 0.3) is 0 Å². The van der Waals surface area contributed by atoms with Crippen molar-refractivity contribution in [2.45, 2.75) is 33.7 Å². The number of nitrogens with one attached hydrogen (secondary N) is 1. The van der Waals surface area contributed by atoms with Gasteiger partial charge in [0.2, 0.25) is 11.8 Å². The molecule has 1 heterocycles. The molecule has 0 saturated carbocycles. The molecule has 1 rings (SSSR count). The van der Waals surface area contributed by atoms with Crippen LogP contribution >= 0.6 is 11.3 Å². The van der Waals surface area contributed by atoms with E-state index in [0.29, 0.717) is 26.1 Å². The third-order valence-corrected chi connectivity index (χ3v) is 3.80. The zero-order chi connectivity index (χ0) is 15.9. The van der Waals surface area contributed by atoms with Crippen molar-refractivity contribution in [3.63, 3.8) is 0 Å². The van der Waals surface area contributed by atoms with Gasteiger partial charge in [0.1, 0.15) is 0 Å². The Morgan fingerprint density at radius 1 is 1.43 bits per heavy atom. The first-order valence-electron chi connectivity index (χ1n) is 7.04. The van der Waals surface area contributed by atoms with Crippen molar-refractivity contribution in [2.24, 2.45) is 5.41 Å². The minimum Gasteiger partial charge on any atom is -0.355 e. The highest BCUT2D eigenvalue weighted by Crippen LogP contribution is 2.13. The molecule has 116 valence electrons. The molecule has 5 heteroatoms. The van der Waals surface area contributed by atoms with E-state index in [4.69, 9.17) is 0 Å². The first kappa shape index (κ1) is 17.4. The molecule has 21 heavy (non-hydrogen) atoms. The zero-order valence-corrected chi connectivity index (χ0v) is 13.8. The standard InChI is InChI=1S/C16H24N2O2S/c1-5-10-18(12-13-7-6-11-21-13)14(19)8-9-17-15(20)16(2,3)4/h5-7,11H,1,8-10,12H2,2-4H3,(H,17,20). The molecule has 0 radical (unpaired) electrons. The molecule has 1 aromatic rings. The van der Waals surface area contributed by atoms with Crippen molar-refractivity contribution in [2.75, 3.05) is 13.1 Å². The predicted octanol–water partition coefficient (Wildman–Crippen LogP) is 2.82. The van der Waals surface area contributed by atoms with Gasteiger partial charge in [0.25, 0.3) is 0 Å². The van der Waals surface area contributed by atoms with Crippen LogP contribution in [0.5, 0.6) is 0 Å². The van der Waals surface area contributed by atoms with E-state index in [9.17, 15) is 9.59 Å². The fourth-order valence-corrected chi connectivity index (χ4v) is 2.43. The van der Waals surface area contributed by atoms with E-state index in [1.54, 1.807) is 22.3 Å². The Morgan fingerprint density at radius 3 is 2.67 bits per heavy atom. The third-order valence-electron chi connectivity index (χ3n) is 2.93. The average Bonchev–Trinajstić information content (AvgIpc) is 2.89. The van der Waals surface area contributed by atoms with E-state index >= 15 is 0 Å². The predicted molar refractivity (Wildman–Crippen MR) is 87.0 cm³/mol. The Balaban J connectivity index is 2.46. The minimum atomic E-state index is -0.430. The molecular weight excluding hydrogens is 284 g/mol. The van der Waals surface area contributed by atoms with Crippen molar-refractivity contribution in [1.29, 1.82) is 0 Å². The minimum absolute atomic E-state index is 0.0255.